The van der Waals surface area contributed by atoms with Crippen molar-refractivity contribution < 1.29 is 4.79 Å². The predicted molar refractivity (Wildman–Crippen MR) is 81.6 cm³/mol. The predicted octanol–water partition coefficient (Wildman–Crippen LogP) is 2.16. The Morgan fingerprint density at radius 1 is 1.21 bits per heavy atom. The fourth-order valence-corrected chi connectivity index (χ4v) is 2.66. The Morgan fingerprint density at radius 2 is 1.84 bits per heavy atom. The second kappa shape index (κ2) is 7.06. The molecule has 0 aliphatic carbocycles. The van der Waals surface area contributed by atoms with Crippen LogP contribution in [0.3, 0.4) is 0 Å². The first-order valence-corrected chi connectivity index (χ1v) is 7.77. The minimum Gasteiger partial charge on any atom is -0.339 e. The third-order valence-corrected chi connectivity index (χ3v) is 3.98. The van der Waals surface area contributed by atoms with E-state index < -0.39 is 0 Å². The highest BCUT2D eigenvalue weighted by Crippen LogP contribution is 2.09. The summed E-state index contributed by atoms with van der Waals surface area (Å²) in [5.74, 6) is 0.211. The lowest BCUT2D eigenvalue weighted by molar-refractivity contribution is -0.131. The standard InChI is InChI=1S/C15H21BrN2O/c1-13(16)15(19)18-11-9-17(10-12-18)8-7-14-5-3-2-4-6-14/h2-6,13H,7-12H2,1H3. The van der Waals surface area contributed by atoms with Gasteiger partial charge in [-0.25, -0.2) is 0 Å². The largest absolute Gasteiger partial charge is 0.339 e. The Bertz CT molecular complexity index is 400. The van der Waals surface area contributed by atoms with Crippen molar-refractivity contribution in [1.82, 2.24) is 9.80 Å². The Morgan fingerprint density at radius 3 is 2.42 bits per heavy atom. The molecule has 3 nitrogen and oxygen atoms in total. The lowest BCUT2D eigenvalue weighted by atomic mass is 10.1. The molecular weight excluding hydrogens is 304 g/mol. The van der Waals surface area contributed by atoms with E-state index in [0.717, 1.165) is 39.1 Å². The second-order valence-corrected chi connectivity index (χ2v) is 6.39. The molecule has 1 aromatic carbocycles. The van der Waals surface area contributed by atoms with E-state index in [9.17, 15) is 4.79 Å². The summed E-state index contributed by atoms with van der Waals surface area (Å²) in [7, 11) is 0. The number of hydrogen-bond donors (Lipinski definition) is 0. The summed E-state index contributed by atoms with van der Waals surface area (Å²) in [5.41, 5.74) is 1.38. The molecule has 1 saturated heterocycles. The molecule has 0 radical (unpaired) electrons. The minimum atomic E-state index is -0.0663. The van der Waals surface area contributed by atoms with Gasteiger partial charge in [0.25, 0.3) is 0 Å². The van der Waals surface area contributed by atoms with Crippen LogP contribution in [0, 0.1) is 0 Å². The average molecular weight is 325 g/mol. The molecule has 0 aromatic heterocycles. The molecule has 19 heavy (non-hydrogen) atoms. The van der Waals surface area contributed by atoms with Crippen LogP contribution in [0.25, 0.3) is 0 Å². The molecule has 1 heterocycles. The summed E-state index contributed by atoms with van der Waals surface area (Å²) < 4.78 is 0. The number of rotatable bonds is 4. The Hall–Kier alpha value is -0.870. The zero-order chi connectivity index (χ0) is 13.7. The number of piperazine rings is 1. The smallest absolute Gasteiger partial charge is 0.236 e. The summed E-state index contributed by atoms with van der Waals surface area (Å²) in [6.07, 6.45) is 1.09. The van der Waals surface area contributed by atoms with Gasteiger partial charge in [0.05, 0.1) is 4.83 Å². The molecule has 1 unspecified atom stereocenters. The average Bonchev–Trinajstić information content (AvgIpc) is 2.46. The monoisotopic (exact) mass is 324 g/mol. The van der Waals surface area contributed by atoms with Gasteiger partial charge in [-0.2, -0.15) is 0 Å². The van der Waals surface area contributed by atoms with E-state index in [1.807, 2.05) is 11.8 Å². The number of hydrogen-bond acceptors (Lipinski definition) is 2. The molecule has 0 spiro atoms. The van der Waals surface area contributed by atoms with Gasteiger partial charge in [0.15, 0.2) is 0 Å². The Kier molecular flexibility index (Phi) is 5.40. The molecule has 0 N–H and O–H groups in total. The summed E-state index contributed by atoms with van der Waals surface area (Å²) in [6, 6.07) is 10.6. The molecule has 4 heteroatoms. The van der Waals surface area contributed by atoms with Gasteiger partial charge in [-0.15, -0.1) is 0 Å². The van der Waals surface area contributed by atoms with Crippen molar-refractivity contribution in [3.63, 3.8) is 0 Å². The van der Waals surface area contributed by atoms with E-state index in [1.165, 1.54) is 5.56 Å². The van der Waals surface area contributed by atoms with Crippen LogP contribution in [0.4, 0.5) is 0 Å². The topological polar surface area (TPSA) is 23.6 Å². The number of carbonyl (C=O) groups excluding carboxylic acids is 1. The molecule has 1 aromatic rings. The summed E-state index contributed by atoms with van der Waals surface area (Å²) in [6.45, 7) is 6.64. The van der Waals surface area contributed by atoms with Crippen molar-refractivity contribution >= 4 is 21.8 Å². The van der Waals surface area contributed by atoms with Crippen LogP contribution in [-0.4, -0.2) is 53.3 Å². The van der Waals surface area contributed by atoms with Gasteiger partial charge in [0.2, 0.25) is 5.91 Å². The number of alkyl halides is 1. The summed E-state index contributed by atoms with van der Waals surface area (Å²) in [4.78, 5) is 16.2. The maximum Gasteiger partial charge on any atom is 0.236 e. The van der Waals surface area contributed by atoms with E-state index >= 15 is 0 Å². The molecular formula is C15H21BrN2O. The van der Waals surface area contributed by atoms with Crippen molar-refractivity contribution in [2.45, 2.75) is 18.2 Å². The van der Waals surface area contributed by atoms with Crippen molar-refractivity contribution in [3.05, 3.63) is 35.9 Å². The molecule has 0 saturated carbocycles. The van der Waals surface area contributed by atoms with E-state index in [1.54, 1.807) is 0 Å². The van der Waals surface area contributed by atoms with Gasteiger partial charge >= 0.3 is 0 Å². The maximum atomic E-state index is 11.8. The first kappa shape index (κ1) is 14.5. The number of nitrogens with zero attached hydrogens (tertiary/aromatic N) is 2. The van der Waals surface area contributed by atoms with Crippen molar-refractivity contribution in [3.8, 4) is 0 Å². The van der Waals surface area contributed by atoms with E-state index in [4.69, 9.17) is 0 Å². The molecule has 1 amide bonds. The van der Waals surface area contributed by atoms with Crippen LogP contribution in [0.5, 0.6) is 0 Å². The lowest BCUT2D eigenvalue weighted by Gasteiger charge is -2.35. The van der Waals surface area contributed by atoms with Crippen LogP contribution in [0.15, 0.2) is 30.3 Å². The third kappa shape index (κ3) is 4.32. The number of benzene rings is 1. The first-order chi connectivity index (χ1) is 9.16. The van der Waals surface area contributed by atoms with Crippen LogP contribution < -0.4 is 0 Å². The van der Waals surface area contributed by atoms with Crippen LogP contribution >= 0.6 is 15.9 Å². The number of amides is 1. The quantitative estimate of drug-likeness (QED) is 0.792. The minimum absolute atomic E-state index is 0.0663. The van der Waals surface area contributed by atoms with Gasteiger partial charge in [-0.1, -0.05) is 46.3 Å². The van der Waals surface area contributed by atoms with Gasteiger partial charge in [0.1, 0.15) is 0 Å². The first-order valence-electron chi connectivity index (χ1n) is 6.86. The Labute approximate surface area is 123 Å². The molecule has 104 valence electrons. The molecule has 1 aliphatic heterocycles. The molecule has 1 fully saturated rings. The van der Waals surface area contributed by atoms with Gasteiger partial charge in [-0.3, -0.25) is 9.69 Å². The van der Waals surface area contributed by atoms with Gasteiger partial charge < -0.3 is 4.90 Å². The Balaban J connectivity index is 1.73. The van der Waals surface area contributed by atoms with Crippen LogP contribution in [0.1, 0.15) is 12.5 Å². The highest BCUT2D eigenvalue weighted by atomic mass is 79.9. The zero-order valence-electron chi connectivity index (χ0n) is 11.4. The lowest BCUT2D eigenvalue weighted by Crippen LogP contribution is -2.50. The fraction of sp³-hybridized carbons (Fsp3) is 0.533. The van der Waals surface area contributed by atoms with E-state index in [-0.39, 0.29) is 10.7 Å². The van der Waals surface area contributed by atoms with Crippen molar-refractivity contribution in [1.29, 1.82) is 0 Å². The highest BCUT2D eigenvalue weighted by Gasteiger charge is 2.23. The molecule has 0 bridgehead atoms. The SMILES string of the molecule is CC(Br)C(=O)N1CCN(CCc2ccccc2)CC1. The molecule has 1 atom stereocenters. The fourth-order valence-electron chi connectivity index (χ4n) is 2.38. The summed E-state index contributed by atoms with van der Waals surface area (Å²) in [5, 5.41) is 0. The molecule has 2 rings (SSSR count). The van der Waals surface area contributed by atoms with E-state index in [2.05, 4.69) is 51.2 Å². The summed E-state index contributed by atoms with van der Waals surface area (Å²) >= 11 is 3.35. The number of halogens is 1. The molecule has 1 aliphatic rings. The van der Waals surface area contributed by atoms with Crippen molar-refractivity contribution in [2.24, 2.45) is 0 Å². The van der Waals surface area contributed by atoms with Gasteiger partial charge in [0, 0.05) is 32.7 Å². The van der Waals surface area contributed by atoms with Crippen LogP contribution in [-0.2, 0) is 11.2 Å². The van der Waals surface area contributed by atoms with Gasteiger partial charge in [-0.05, 0) is 18.9 Å². The number of carbonyl (C=O) groups is 1. The maximum absolute atomic E-state index is 11.8. The van der Waals surface area contributed by atoms with Crippen molar-refractivity contribution in [2.75, 3.05) is 32.7 Å². The zero-order valence-corrected chi connectivity index (χ0v) is 13.0. The van der Waals surface area contributed by atoms with E-state index in [0.29, 0.717) is 0 Å². The highest BCUT2D eigenvalue weighted by molar-refractivity contribution is 9.10. The second-order valence-electron chi connectivity index (χ2n) is 5.02. The third-order valence-electron chi connectivity index (χ3n) is 3.58. The van der Waals surface area contributed by atoms with Crippen LogP contribution in [0.2, 0.25) is 0 Å². The normalized spacial score (nSPS) is 18.3.